The Morgan fingerprint density at radius 1 is 1.00 bits per heavy atom. The molecule has 0 atom stereocenters. The number of rotatable bonds is 4. The molecular formula is C15H9Cl3O4. The van der Waals surface area contributed by atoms with Crippen LogP contribution in [0.5, 0.6) is 17.2 Å². The van der Waals surface area contributed by atoms with Gasteiger partial charge >= 0.3 is 0 Å². The van der Waals surface area contributed by atoms with Crippen molar-refractivity contribution < 1.29 is 19.0 Å². The minimum Gasteiger partial charge on any atom is -0.484 e. The van der Waals surface area contributed by atoms with Crippen molar-refractivity contribution in [2.45, 2.75) is 0 Å². The maximum atomic E-state index is 12.2. The number of fused-ring (bicyclic) bond motifs is 1. The van der Waals surface area contributed by atoms with Crippen molar-refractivity contribution in [3.63, 3.8) is 0 Å². The van der Waals surface area contributed by atoms with E-state index in [1.54, 1.807) is 18.2 Å². The molecule has 2 aromatic rings. The normalized spacial score (nSPS) is 12.3. The third-order valence-electron chi connectivity index (χ3n) is 3.03. The predicted octanol–water partition coefficient (Wildman–Crippen LogP) is 4.64. The molecular weight excluding hydrogens is 351 g/mol. The van der Waals surface area contributed by atoms with Crippen molar-refractivity contribution >= 4 is 40.6 Å². The van der Waals surface area contributed by atoms with Gasteiger partial charge in [-0.2, -0.15) is 0 Å². The minimum atomic E-state index is -0.222. The van der Waals surface area contributed by atoms with Crippen LogP contribution in [0.15, 0.2) is 30.3 Å². The van der Waals surface area contributed by atoms with Crippen LogP contribution in [0.1, 0.15) is 10.4 Å². The summed E-state index contributed by atoms with van der Waals surface area (Å²) < 4.78 is 15.8. The summed E-state index contributed by atoms with van der Waals surface area (Å²) >= 11 is 17.7. The van der Waals surface area contributed by atoms with Crippen LogP contribution in [-0.4, -0.2) is 19.2 Å². The maximum Gasteiger partial charge on any atom is 0.231 e. The van der Waals surface area contributed by atoms with Crippen LogP contribution in [0.3, 0.4) is 0 Å². The first-order chi connectivity index (χ1) is 10.5. The lowest BCUT2D eigenvalue weighted by Crippen LogP contribution is -2.11. The molecule has 0 aliphatic carbocycles. The molecule has 1 heterocycles. The summed E-state index contributed by atoms with van der Waals surface area (Å²) in [6.45, 7) is -0.0281. The van der Waals surface area contributed by atoms with Crippen molar-refractivity contribution in [3.05, 3.63) is 51.0 Å². The van der Waals surface area contributed by atoms with Crippen LogP contribution in [0, 0.1) is 0 Å². The van der Waals surface area contributed by atoms with Gasteiger partial charge < -0.3 is 14.2 Å². The molecule has 3 rings (SSSR count). The van der Waals surface area contributed by atoms with Gasteiger partial charge in [-0.15, -0.1) is 0 Å². The standard InChI is InChI=1S/C15H9Cl3O4/c16-9-4-11(18)14(5-10(9)17)20-6-12(19)8-1-2-13-15(3-8)22-7-21-13/h1-5H,6-7H2. The van der Waals surface area contributed by atoms with Crippen molar-refractivity contribution in [1.29, 1.82) is 0 Å². The van der Waals surface area contributed by atoms with E-state index < -0.39 is 0 Å². The molecule has 0 radical (unpaired) electrons. The molecule has 0 bridgehead atoms. The van der Waals surface area contributed by atoms with E-state index in [0.717, 1.165) is 0 Å². The molecule has 4 nitrogen and oxygen atoms in total. The van der Waals surface area contributed by atoms with E-state index in [2.05, 4.69) is 0 Å². The number of ketones is 1. The first kappa shape index (κ1) is 15.3. The number of halogens is 3. The van der Waals surface area contributed by atoms with Gasteiger partial charge in [0.05, 0.1) is 15.1 Å². The molecule has 0 amide bonds. The molecule has 1 aliphatic heterocycles. The molecule has 22 heavy (non-hydrogen) atoms. The maximum absolute atomic E-state index is 12.2. The van der Waals surface area contributed by atoms with Crippen LogP contribution in [-0.2, 0) is 0 Å². The molecule has 0 N–H and O–H groups in total. The van der Waals surface area contributed by atoms with Crippen LogP contribution < -0.4 is 14.2 Å². The number of benzene rings is 2. The molecule has 0 saturated carbocycles. The van der Waals surface area contributed by atoms with E-state index in [-0.39, 0.29) is 24.2 Å². The van der Waals surface area contributed by atoms with Gasteiger partial charge in [-0.1, -0.05) is 34.8 Å². The van der Waals surface area contributed by atoms with Crippen LogP contribution in [0.4, 0.5) is 0 Å². The summed E-state index contributed by atoms with van der Waals surface area (Å²) in [5, 5.41) is 0.908. The van der Waals surface area contributed by atoms with E-state index in [1.165, 1.54) is 12.1 Å². The molecule has 1 aliphatic rings. The zero-order chi connectivity index (χ0) is 15.7. The van der Waals surface area contributed by atoms with E-state index in [1.807, 2.05) is 0 Å². The predicted molar refractivity (Wildman–Crippen MR) is 83.9 cm³/mol. The van der Waals surface area contributed by atoms with Crippen LogP contribution >= 0.6 is 34.8 Å². The zero-order valence-electron chi connectivity index (χ0n) is 11.1. The average molecular weight is 360 g/mol. The minimum absolute atomic E-state index is 0.155. The van der Waals surface area contributed by atoms with E-state index in [0.29, 0.717) is 32.9 Å². The number of Topliss-reactive ketones (excluding diaryl/α,β-unsaturated/α-hetero) is 1. The monoisotopic (exact) mass is 358 g/mol. The molecule has 0 aromatic heterocycles. The quantitative estimate of drug-likeness (QED) is 0.589. The summed E-state index contributed by atoms with van der Waals surface area (Å²) in [6.07, 6.45) is 0. The van der Waals surface area contributed by atoms with Gasteiger partial charge in [0.25, 0.3) is 0 Å². The fourth-order valence-electron chi connectivity index (χ4n) is 1.91. The molecule has 0 unspecified atom stereocenters. The molecule has 2 aromatic carbocycles. The van der Waals surface area contributed by atoms with E-state index in [9.17, 15) is 4.79 Å². The van der Waals surface area contributed by atoms with Crippen molar-refractivity contribution in [2.24, 2.45) is 0 Å². The van der Waals surface area contributed by atoms with Crippen molar-refractivity contribution in [2.75, 3.05) is 13.4 Å². The van der Waals surface area contributed by atoms with Gasteiger partial charge in [-0.3, -0.25) is 4.79 Å². The highest BCUT2D eigenvalue weighted by atomic mass is 35.5. The number of carbonyl (C=O) groups is 1. The van der Waals surface area contributed by atoms with Gasteiger partial charge in [-0.05, 0) is 24.3 Å². The Bertz CT molecular complexity index is 746. The molecule has 7 heteroatoms. The fourth-order valence-corrected chi connectivity index (χ4v) is 2.50. The zero-order valence-corrected chi connectivity index (χ0v) is 13.3. The van der Waals surface area contributed by atoms with Gasteiger partial charge in [0, 0.05) is 11.6 Å². The highest BCUT2D eigenvalue weighted by molar-refractivity contribution is 6.43. The summed E-state index contributed by atoms with van der Waals surface area (Å²) in [5.41, 5.74) is 0.459. The lowest BCUT2D eigenvalue weighted by atomic mass is 10.1. The number of ether oxygens (including phenoxy) is 3. The Morgan fingerprint density at radius 2 is 1.73 bits per heavy atom. The largest absolute Gasteiger partial charge is 0.484 e. The molecule has 0 fully saturated rings. The molecule has 0 saturated heterocycles. The number of carbonyl (C=O) groups excluding carboxylic acids is 1. The second kappa shape index (κ2) is 6.24. The van der Waals surface area contributed by atoms with Gasteiger partial charge in [-0.25, -0.2) is 0 Å². The fraction of sp³-hybridized carbons (Fsp3) is 0.133. The Balaban J connectivity index is 1.71. The van der Waals surface area contributed by atoms with Crippen molar-refractivity contribution in [1.82, 2.24) is 0 Å². The van der Waals surface area contributed by atoms with Crippen LogP contribution in [0.25, 0.3) is 0 Å². The lowest BCUT2D eigenvalue weighted by Gasteiger charge is -2.09. The van der Waals surface area contributed by atoms with Crippen LogP contribution in [0.2, 0.25) is 15.1 Å². The highest BCUT2D eigenvalue weighted by Crippen LogP contribution is 2.35. The van der Waals surface area contributed by atoms with E-state index in [4.69, 9.17) is 49.0 Å². The van der Waals surface area contributed by atoms with E-state index >= 15 is 0 Å². The third kappa shape index (κ3) is 3.09. The first-order valence-corrected chi connectivity index (χ1v) is 7.38. The van der Waals surface area contributed by atoms with Gasteiger partial charge in [0.2, 0.25) is 6.79 Å². The highest BCUT2D eigenvalue weighted by Gasteiger charge is 2.17. The summed E-state index contributed by atoms with van der Waals surface area (Å²) in [6, 6.07) is 7.88. The number of hydrogen-bond acceptors (Lipinski definition) is 4. The first-order valence-electron chi connectivity index (χ1n) is 6.25. The lowest BCUT2D eigenvalue weighted by molar-refractivity contribution is 0.0921. The van der Waals surface area contributed by atoms with Gasteiger partial charge in [0.1, 0.15) is 5.75 Å². The van der Waals surface area contributed by atoms with Gasteiger partial charge in [0.15, 0.2) is 23.9 Å². The summed E-state index contributed by atoms with van der Waals surface area (Å²) in [5.74, 6) is 1.23. The smallest absolute Gasteiger partial charge is 0.231 e. The summed E-state index contributed by atoms with van der Waals surface area (Å²) in [4.78, 5) is 12.2. The SMILES string of the molecule is O=C(COc1cc(Cl)c(Cl)cc1Cl)c1ccc2c(c1)OCO2. The summed E-state index contributed by atoms with van der Waals surface area (Å²) in [7, 11) is 0. The third-order valence-corrected chi connectivity index (χ3v) is 4.05. The molecule has 114 valence electrons. The Morgan fingerprint density at radius 3 is 2.55 bits per heavy atom. The average Bonchev–Trinajstić information content (AvgIpc) is 2.96. The second-order valence-corrected chi connectivity index (χ2v) is 5.70. The second-order valence-electron chi connectivity index (χ2n) is 4.48. The Labute approximate surface area is 141 Å². The Hall–Kier alpha value is -1.62. The van der Waals surface area contributed by atoms with Crippen molar-refractivity contribution in [3.8, 4) is 17.2 Å². The number of hydrogen-bond donors (Lipinski definition) is 0. The molecule has 0 spiro atoms. The topological polar surface area (TPSA) is 44.8 Å². The Kier molecular flexibility index (Phi) is 4.34.